The first kappa shape index (κ1) is 12.9. The Balaban J connectivity index is 1.77. The summed E-state index contributed by atoms with van der Waals surface area (Å²) in [6.45, 7) is 2.02. The molecular weight excluding hydrogens is 246 g/mol. The predicted molar refractivity (Wildman–Crippen MR) is 70.8 cm³/mol. The quantitative estimate of drug-likeness (QED) is 0.803. The minimum atomic E-state index is -0.203. The monoisotopic (exact) mass is 261 g/mol. The smallest absolute Gasteiger partial charge is 0.231 e. The van der Waals surface area contributed by atoms with Crippen molar-refractivity contribution < 1.29 is 14.1 Å². The number of carbonyl (C=O) groups is 1. The fraction of sp³-hybridized carbons (Fsp3) is 0.231. The Bertz CT molecular complexity index is 566. The maximum absolute atomic E-state index is 11.6. The molecule has 0 radical (unpaired) electrons. The van der Waals surface area contributed by atoms with Gasteiger partial charge in [0.15, 0.2) is 0 Å². The molecule has 3 N–H and O–H groups in total. The third kappa shape index (κ3) is 3.74. The van der Waals surface area contributed by atoms with Crippen LogP contribution in [0.2, 0.25) is 0 Å². The lowest BCUT2D eigenvalue weighted by Crippen LogP contribution is -2.15. The first-order chi connectivity index (χ1) is 9.15. The summed E-state index contributed by atoms with van der Waals surface area (Å²) in [5.41, 5.74) is 6.98. The molecule has 19 heavy (non-hydrogen) atoms. The largest absolute Gasteiger partial charge is 0.491 e. The number of nitrogens with zero attached hydrogens (tertiary/aromatic N) is 1. The van der Waals surface area contributed by atoms with Gasteiger partial charge in [0.1, 0.15) is 5.75 Å². The molecule has 0 atom stereocenters. The van der Waals surface area contributed by atoms with Crippen molar-refractivity contribution in [2.75, 3.05) is 17.7 Å². The molecule has 0 saturated heterocycles. The van der Waals surface area contributed by atoms with E-state index in [2.05, 4.69) is 10.5 Å². The van der Waals surface area contributed by atoms with Crippen LogP contribution < -0.4 is 15.8 Å². The molecule has 2 aromatic rings. The molecule has 0 unspecified atom stereocenters. The van der Waals surface area contributed by atoms with Crippen molar-refractivity contribution in [3.8, 4) is 5.75 Å². The number of aromatic nitrogens is 1. The summed E-state index contributed by atoms with van der Waals surface area (Å²) in [5, 5.41) is 6.26. The Morgan fingerprint density at radius 1 is 1.47 bits per heavy atom. The fourth-order valence-corrected chi connectivity index (χ4v) is 1.49. The molecule has 6 nitrogen and oxygen atoms in total. The molecule has 1 aromatic carbocycles. The van der Waals surface area contributed by atoms with Gasteiger partial charge in [-0.3, -0.25) is 10.1 Å². The summed E-state index contributed by atoms with van der Waals surface area (Å²) in [7, 11) is 0. The van der Waals surface area contributed by atoms with E-state index in [4.69, 9.17) is 15.0 Å². The molecule has 6 heteroatoms. The Kier molecular flexibility index (Phi) is 4.02. The molecule has 0 fully saturated rings. The number of carbonyl (C=O) groups excluding carboxylic acids is 1. The SMILES string of the molecule is Cc1cc(NC(=O)CCOc2ccccc2N)on1. The third-order valence-corrected chi connectivity index (χ3v) is 2.40. The summed E-state index contributed by atoms with van der Waals surface area (Å²) < 4.78 is 10.3. The summed E-state index contributed by atoms with van der Waals surface area (Å²) >= 11 is 0. The zero-order chi connectivity index (χ0) is 13.7. The molecule has 0 aliphatic heterocycles. The van der Waals surface area contributed by atoms with Crippen molar-refractivity contribution in [1.29, 1.82) is 0 Å². The number of amides is 1. The van der Waals surface area contributed by atoms with Crippen molar-refractivity contribution in [2.24, 2.45) is 0 Å². The minimum absolute atomic E-state index is 0.202. The average Bonchev–Trinajstić information content (AvgIpc) is 2.77. The van der Waals surface area contributed by atoms with E-state index < -0.39 is 0 Å². The van der Waals surface area contributed by atoms with Crippen LogP contribution in [0.5, 0.6) is 5.75 Å². The van der Waals surface area contributed by atoms with Gasteiger partial charge in [-0.05, 0) is 19.1 Å². The lowest BCUT2D eigenvalue weighted by Gasteiger charge is -2.07. The Morgan fingerprint density at radius 2 is 2.26 bits per heavy atom. The van der Waals surface area contributed by atoms with E-state index >= 15 is 0 Å². The highest BCUT2D eigenvalue weighted by atomic mass is 16.5. The fourth-order valence-electron chi connectivity index (χ4n) is 1.49. The van der Waals surface area contributed by atoms with E-state index in [9.17, 15) is 4.79 Å². The maximum atomic E-state index is 11.6. The van der Waals surface area contributed by atoms with Crippen LogP contribution in [-0.4, -0.2) is 17.7 Å². The Hall–Kier alpha value is -2.50. The normalized spacial score (nSPS) is 10.2. The predicted octanol–water partition coefficient (Wildman–Crippen LogP) is 1.97. The lowest BCUT2D eigenvalue weighted by atomic mass is 10.3. The molecule has 0 aliphatic carbocycles. The standard InChI is InChI=1S/C13H15N3O3/c1-9-8-13(19-16-9)15-12(17)6-7-18-11-5-3-2-4-10(11)14/h2-5,8H,6-7,14H2,1H3,(H,15,17). The van der Waals surface area contributed by atoms with Crippen LogP contribution in [0.15, 0.2) is 34.9 Å². The second kappa shape index (κ2) is 5.90. The van der Waals surface area contributed by atoms with Gasteiger partial charge >= 0.3 is 0 Å². The van der Waals surface area contributed by atoms with Gasteiger partial charge in [0, 0.05) is 6.07 Å². The van der Waals surface area contributed by atoms with E-state index in [1.807, 2.05) is 12.1 Å². The van der Waals surface area contributed by atoms with Crippen molar-refractivity contribution in [1.82, 2.24) is 5.16 Å². The number of anilines is 2. The second-order valence-corrected chi connectivity index (χ2v) is 4.02. The highest BCUT2D eigenvalue weighted by molar-refractivity contribution is 5.89. The molecule has 0 saturated carbocycles. The van der Waals surface area contributed by atoms with Crippen molar-refractivity contribution in [2.45, 2.75) is 13.3 Å². The van der Waals surface area contributed by atoms with Crippen LogP contribution in [0.25, 0.3) is 0 Å². The molecule has 1 amide bonds. The van der Waals surface area contributed by atoms with Crippen LogP contribution in [0.4, 0.5) is 11.6 Å². The first-order valence-electron chi connectivity index (χ1n) is 5.85. The number of hydrogen-bond acceptors (Lipinski definition) is 5. The number of hydrogen-bond donors (Lipinski definition) is 2. The summed E-state index contributed by atoms with van der Waals surface area (Å²) in [6, 6.07) is 8.79. The van der Waals surface area contributed by atoms with Gasteiger partial charge in [0.05, 0.1) is 24.4 Å². The van der Waals surface area contributed by atoms with Gasteiger partial charge in [0.2, 0.25) is 11.8 Å². The number of para-hydroxylation sites is 2. The number of nitrogens with two attached hydrogens (primary N) is 1. The molecule has 0 bridgehead atoms. The molecule has 100 valence electrons. The van der Waals surface area contributed by atoms with Crippen LogP contribution in [0, 0.1) is 6.92 Å². The van der Waals surface area contributed by atoms with Crippen molar-refractivity contribution in [3.63, 3.8) is 0 Å². The second-order valence-electron chi connectivity index (χ2n) is 4.02. The van der Waals surface area contributed by atoms with Gasteiger partial charge in [-0.1, -0.05) is 17.3 Å². The molecule has 1 heterocycles. The summed E-state index contributed by atoms with van der Waals surface area (Å²) in [6.07, 6.45) is 0.202. The lowest BCUT2D eigenvalue weighted by molar-refractivity contribution is -0.116. The summed E-state index contributed by atoms with van der Waals surface area (Å²) in [4.78, 5) is 11.6. The number of ether oxygens (including phenoxy) is 1. The molecule has 0 spiro atoms. The third-order valence-electron chi connectivity index (χ3n) is 2.40. The molecule has 0 aliphatic rings. The number of nitrogen functional groups attached to an aromatic ring is 1. The molecule has 1 aromatic heterocycles. The Morgan fingerprint density at radius 3 is 2.95 bits per heavy atom. The van der Waals surface area contributed by atoms with Gasteiger partial charge in [-0.2, -0.15) is 0 Å². The van der Waals surface area contributed by atoms with Gasteiger partial charge in [0.25, 0.3) is 0 Å². The molecule has 2 rings (SSSR count). The molecular formula is C13H15N3O3. The number of aryl methyl sites for hydroxylation is 1. The average molecular weight is 261 g/mol. The first-order valence-corrected chi connectivity index (χ1v) is 5.85. The van der Waals surface area contributed by atoms with Crippen molar-refractivity contribution >= 4 is 17.5 Å². The van der Waals surface area contributed by atoms with Crippen LogP contribution in [0.3, 0.4) is 0 Å². The zero-order valence-electron chi connectivity index (χ0n) is 10.6. The topological polar surface area (TPSA) is 90.4 Å². The van der Waals surface area contributed by atoms with E-state index in [-0.39, 0.29) is 18.9 Å². The number of benzene rings is 1. The number of nitrogens with one attached hydrogen (secondary N) is 1. The van der Waals surface area contributed by atoms with Gasteiger partial charge in [-0.15, -0.1) is 0 Å². The van der Waals surface area contributed by atoms with Crippen LogP contribution in [0.1, 0.15) is 12.1 Å². The highest BCUT2D eigenvalue weighted by Gasteiger charge is 2.07. The Labute approximate surface area is 110 Å². The number of rotatable bonds is 5. The highest BCUT2D eigenvalue weighted by Crippen LogP contribution is 2.19. The van der Waals surface area contributed by atoms with E-state index in [1.54, 1.807) is 25.1 Å². The van der Waals surface area contributed by atoms with E-state index in [1.165, 1.54) is 0 Å². The van der Waals surface area contributed by atoms with Crippen molar-refractivity contribution in [3.05, 3.63) is 36.0 Å². The van der Waals surface area contributed by atoms with Crippen LogP contribution >= 0.6 is 0 Å². The van der Waals surface area contributed by atoms with Gasteiger partial charge in [-0.25, -0.2) is 0 Å². The minimum Gasteiger partial charge on any atom is -0.491 e. The van der Waals surface area contributed by atoms with Crippen LogP contribution in [-0.2, 0) is 4.79 Å². The summed E-state index contributed by atoms with van der Waals surface area (Å²) in [5.74, 6) is 0.707. The van der Waals surface area contributed by atoms with E-state index in [0.717, 1.165) is 0 Å². The maximum Gasteiger partial charge on any atom is 0.231 e. The zero-order valence-corrected chi connectivity index (χ0v) is 10.6. The van der Waals surface area contributed by atoms with Gasteiger partial charge < -0.3 is 15.0 Å². The van der Waals surface area contributed by atoms with E-state index in [0.29, 0.717) is 23.0 Å².